The minimum atomic E-state index is 0.561. The Kier molecular flexibility index (Phi) is 2.33. The molecule has 0 bridgehead atoms. The molecule has 0 saturated heterocycles. The van der Waals surface area contributed by atoms with E-state index in [0.29, 0.717) is 10.7 Å². The van der Waals surface area contributed by atoms with Gasteiger partial charge in [0, 0.05) is 18.0 Å². The van der Waals surface area contributed by atoms with Crippen LogP contribution in [0.4, 0.5) is 5.69 Å². The lowest BCUT2D eigenvalue weighted by molar-refractivity contribution is 1.17. The Labute approximate surface area is 86.6 Å². The maximum atomic E-state index is 5.81. The first-order valence-corrected chi connectivity index (χ1v) is 4.45. The lowest BCUT2D eigenvalue weighted by Gasteiger charge is -2.02. The zero-order chi connectivity index (χ0) is 9.97. The maximum absolute atomic E-state index is 5.81. The summed E-state index contributed by atoms with van der Waals surface area (Å²) in [5, 5.41) is 0.561. The van der Waals surface area contributed by atoms with Crippen LogP contribution < -0.4 is 5.73 Å². The number of nitrogens with zero attached hydrogens (tertiary/aromatic N) is 2. The molecule has 0 unspecified atom stereocenters. The van der Waals surface area contributed by atoms with Gasteiger partial charge in [-0.1, -0.05) is 17.7 Å². The third-order valence-electron chi connectivity index (χ3n) is 1.89. The Balaban J connectivity index is 2.48. The molecule has 14 heavy (non-hydrogen) atoms. The minimum absolute atomic E-state index is 0.561. The van der Waals surface area contributed by atoms with E-state index < -0.39 is 0 Å². The van der Waals surface area contributed by atoms with Crippen LogP contribution in [0.15, 0.2) is 36.9 Å². The molecule has 0 radical (unpaired) electrons. The second-order valence-electron chi connectivity index (χ2n) is 2.86. The van der Waals surface area contributed by atoms with Crippen molar-refractivity contribution in [1.82, 2.24) is 9.97 Å². The number of nitrogen functional groups attached to an aromatic ring is 1. The molecule has 0 spiro atoms. The largest absolute Gasteiger partial charge is 0.398 e. The van der Waals surface area contributed by atoms with Gasteiger partial charge < -0.3 is 5.73 Å². The van der Waals surface area contributed by atoms with E-state index in [4.69, 9.17) is 17.3 Å². The van der Waals surface area contributed by atoms with E-state index >= 15 is 0 Å². The van der Waals surface area contributed by atoms with Crippen LogP contribution in [0.1, 0.15) is 0 Å². The quantitative estimate of drug-likeness (QED) is 0.728. The minimum Gasteiger partial charge on any atom is -0.398 e. The van der Waals surface area contributed by atoms with Gasteiger partial charge >= 0.3 is 0 Å². The summed E-state index contributed by atoms with van der Waals surface area (Å²) in [4.78, 5) is 7.86. The van der Waals surface area contributed by atoms with E-state index in [1.54, 1.807) is 24.5 Å². The highest BCUT2D eigenvalue weighted by Gasteiger charge is 2.00. The van der Waals surface area contributed by atoms with Gasteiger partial charge in [0.15, 0.2) is 0 Å². The Bertz CT molecular complexity index is 442. The zero-order valence-corrected chi connectivity index (χ0v) is 8.07. The molecule has 1 heterocycles. The van der Waals surface area contributed by atoms with Gasteiger partial charge in [-0.25, -0.2) is 9.97 Å². The van der Waals surface area contributed by atoms with E-state index in [-0.39, 0.29) is 0 Å². The van der Waals surface area contributed by atoms with Crippen molar-refractivity contribution in [2.24, 2.45) is 0 Å². The van der Waals surface area contributed by atoms with Crippen LogP contribution in [0.3, 0.4) is 0 Å². The third-order valence-corrected chi connectivity index (χ3v) is 2.23. The molecule has 0 amide bonds. The van der Waals surface area contributed by atoms with Crippen molar-refractivity contribution >= 4 is 17.3 Å². The van der Waals surface area contributed by atoms with Gasteiger partial charge in [-0.15, -0.1) is 0 Å². The monoisotopic (exact) mass is 205 g/mol. The average Bonchev–Trinajstić information content (AvgIpc) is 2.23. The molecular formula is C10H8ClN3. The average molecular weight is 206 g/mol. The Hall–Kier alpha value is -1.61. The SMILES string of the molecule is Nc1cc(-c2cncnc2)ccc1Cl. The highest BCUT2D eigenvalue weighted by molar-refractivity contribution is 6.33. The van der Waals surface area contributed by atoms with E-state index in [1.165, 1.54) is 6.33 Å². The van der Waals surface area contributed by atoms with Crippen LogP contribution in [0.25, 0.3) is 11.1 Å². The highest BCUT2D eigenvalue weighted by Crippen LogP contribution is 2.25. The number of hydrogen-bond donors (Lipinski definition) is 1. The highest BCUT2D eigenvalue weighted by atomic mass is 35.5. The second-order valence-corrected chi connectivity index (χ2v) is 3.27. The maximum Gasteiger partial charge on any atom is 0.115 e. The summed E-state index contributed by atoms with van der Waals surface area (Å²) < 4.78 is 0. The molecule has 0 atom stereocenters. The molecule has 1 aromatic heterocycles. The van der Waals surface area contributed by atoms with Gasteiger partial charge in [0.1, 0.15) is 6.33 Å². The van der Waals surface area contributed by atoms with E-state index in [1.807, 2.05) is 6.07 Å². The zero-order valence-electron chi connectivity index (χ0n) is 7.31. The van der Waals surface area contributed by atoms with Crippen LogP contribution >= 0.6 is 11.6 Å². The molecule has 0 fully saturated rings. The fraction of sp³-hybridized carbons (Fsp3) is 0. The van der Waals surface area contributed by atoms with Gasteiger partial charge in [-0.2, -0.15) is 0 Å². The van der Waals surface area contributed by atoms with Crippen molar-refractivity contribution in [3.8, 4) is 11.1 Å². The van der Waals surface area contributed by atoms with E-state index in [2.05, 4.69) is 9.97 Å². The fourth-order valence-corrected chi connectivity index (χ4v) is 1.29. The first kappa shape index (κ1) is 8.97. The topological polar surface area (TPSA) is 51.8 Å². The lowest BCUT2D eigenvalue weighted by Crippen LogP contribution is -1.88. The summed E-state index contributed by atoms with van der Waals surface area (Å²) >= 11 is 5.81. The molecule has 0 aliphatic heterocycles. The molecule has 70 valence electrons. The molecule has 2 N–H and O–H groups in total. The number of rotatable bonds is 1. The van der Waals surface area contributed by atoms with Gasteiger partial charge in [-0.3, -0.25) is 0 Å². The summed E-state index contributed by atoms with van der Waals surface area (Å²) in [6.07, 6.45) is 4.95. The predicted molar refractivity (Wildman–Crippen MR) is 56.9 cm³/mol. The molecular weight excluding hydrogens is 198 g/mol. The number of anilines is 1. The van der Waals surface area contributed by atoms with Crippen molar-refractivity contribution in [2.45, 2.75) is 0 Å². The van der Waals surface area contributed by atoms with Crippen LogP contribution in [0.2, 0.25) is 5.02 Å². The smallest absolute Gasteiger partial charge is 0.115 e. The summed E-state index contributed by atoms with van der Waals surface area (Å²) in [5.41, 5.74) is 8.14. The summed E-state index contributed by atoms with van der Waals surface area (Å²) in [6.45, 7) is 0. The van der Waals surface area contributed by atoms with E-state index in [9.17, 15) is 0 Å². The number of benzene rings is 1. The van der Waals surface area contributed by atoms with Gasteiger partial charge in [-0.05, 0) is 17.7 Å². The molecule has 2 aromatic rings. The van der Waals surface area contributed by atoms with Gasteiger partial charge in [0.25, 0.3) is 0 Å². The van der Waals surface area contributed by atoms with Crippen LogP contribution in [-0.4, -0.2) is 9.97 Å². The number of aromatic nitrogens is 2. The van der Waals surface area contributed by atoms with Crippen molar-refractivity contribution in [1.29, 1.82) is 0 Å². The van der Waals surface area contributed by atoms with Gasteiger partial charge in [0.2, 0.25) is 0 Å². The van der Waals surface area contributed by atoms with Crippen molar-refractivity contribution in [2.75, 3.05) is 5.73 Å². The van der Waals surface area contributed by atoms with Gasteiger partial charge in [0.05, 0.1) is 10.7 Å². The van der Waals surface area contributed by atoms with Crippen LogP contribution in [0, 0.1) is 0 Å². The first-order valence-electron chi connectivity index (χ1n) is 4.08. The number of halogens is 1. The molecule has 2 rings (SSSR count). The molecule has 0 saturated carbocycles. The molecule has 1 aromatic carbocycles. The summed E-state index contributed by atoms with van der Waals surface area (Å²) in [7, 11) is 0. The van der Waals surface area contributed by atoms with Crippen molar-refractivity contribution in [3.05, 3.63) is 41.9 Å². The van der Waals surface area contributed by atoms with Crippen molar-refractivity contribution < 1.29 is 0 Å². The fourth-order valence-electron chi connectivity index (χ4n) is 1.17. The van der Waals surface area contributed by atoms with Crippen molar-refractivity contribution in [3.63, 3.8) is 0 Å². The summed E-state index contributed by atoms with van der Waals surface area (Å²) in [6, 6.07) is 5.46. The van der Waals surface area contributed by atoms with Crippen LogP contribution in [-0.2, 0) is 0 Å². The number of nitrogens with two attached hydrogens (primary N) is 1. The Morgan fingerprint density at radius 1 is 1.07 bits per heavy atom. The molecule has 0 aliphatic rings. The molecule has 3 nitrogen and oxygen atoms in total. The second kappa shape index (κ2) is 3.64. The number of hydrogen-bond acceptors (Lipinski definition) is 3. The Morgan fingerprint density at radius 2 is 1.79 bits per heavy atom. The predicted octanol–water partition coefficient (Wildman–Crippen LogP) is 2.38. The molecule has 0 aliphatic carbocycles. The third kappa shape index (κ3) is 1.67. The summed E-state index contributed by atoms with van der Waals surface area (Å²) in [5.74, 6) is 0. The lowest BCUT2D eigenvalue weighted by atomic mass is 10.1. The van der Waals surface area contributed by atoms with E-state index in [0.717, 1.165) is 11.1 Å². The first-order chi connectivity index (χ1) is 6.77. The standard InChI is InChI=1S/C10H8ClN3/c11-9-2-1-7(3-10(9)12)8-4-13-6-14-5-8/h1-6H,12H2. The molecule has 4 heteroatoms. The normalized spacial score (nSPS) is 10.1. The van der Waals surface area contributed by atoms with Crippen LogP contribution in [0.5, 0.6) is 0 Å². The Morgan fingerprint density at radius 3 is 2.43 bits per heavy atom.